The Morgan fingerprint density at radius 2 is 2.00 bits per heavy atom. The molecule has 0 saturated carbocycles. The second-order valence-corrected chi connectivity index (χ2v) is 6.48. The Morgan fingerprint density at radius 1 is 1.38 bits per heavy atom. The van der Waals surface area contributed by atoms with E-state index >= 15 is 0 Å². The van der Waals surface area contributed by atoms with Crippen LogP contribution in [0.4, 0.5) is 5.69 Å². The predicted molar refractivity (Wildman–Crippen MR) is 65.2 cm³/mol. The molecule has 0 saturated heterocycles. The van der Waals surface area contributed by atoms with E-state index in [2.05, 4.69) is 0 Å². The summed E-state index contributed by atoms with van der Waals surface area (Å²) in [5, 5.41) is -0.394. The highest BCUT2D eigenvalue weighted by Crippen LogP contribution is 2.24. The van der Waals surface area contributed by atoms with Crippen molar-refractivity contribution < 1.29 is 13.2 Å². The molecule has 4 nitrogen and oxygen atoms in total. The fourth-order valence-corrected chi connectivity index (χ4v) is 2.27. The Kier molecular flexibility index (Phi) is 3.80. The lowest BCUT2D eigenvalue weighted by molar-refractivity contribution is 0.411. The van der Waals surface area contributed by atoms with E-state index in [1.54, 1.807) is 32.0 Å². The molecule has 0 bridgehead atoms. The molecule has 2 N–H and O–H groups in total. The Balaban J connectivity index is 3.07. The van der Waals surface area contributed by atoms with Gasteiger partial charge >= 0.3 is 0 Å². The van der Waals surface area contributed by atoms with Crippen LogP contribution in [0.25, 0.3) is 0 Å². The zero-order chi connectivity index (χ0) is 12.3. The third kappa shape index (κ3) is 2.88. The van der Waals surface area contributed by atoms with Gasteiger partial charge in [-0.25, -0.2) is 8.42 Å². The van der Waals surface area contributed by atoms with Crippen LogP contribution in [-0.2, 0) is 15.6 Å². The number of hydrogen-bond donors (Lipinski definition) is 1. The molecule has 0 spiro atoms. The molecule has 0 aliphatic heterocycles. The second kappa shape index (κ2) is 4.74. The van der Waals surface area contributed by atoms with Crippen LogP contribution in [0.2, 0.25) is 0 Å². The molecule has 16 heavy (non-hydrogen) atoms. The van der Waals surface area contributed by atoms with Gasteiger partial charge in [0.25, 0.3) is 0 Å². The molecular weight excluding hydrogens is 226 g/mol. The van der Waals surface area contributed by atoms with Gasteiger partial charge in [0.05, 0.1) is 18.1 Å². The molecule has 0 fully saturated rings. The SMILES string of the molecule is COc1cc(N)ccc1CS(=O)(=O)C(C)C. The van der Waals surface area contributed by atoms with Crippen LogP contribution in [0.1, 0.15) is 19.4 Å². The summed E-state index contributed by atoms with van der Waals surface area (Å²) in [6.07, 6.45) is 0. The minimum Gasteiger partial charge on any atom is -0.496 e. The molecule has 1 aromatic carbocycles. The van der Waals surface area contributed by atoms with E-state index in [0.29, 0.717) is 17.0 Å². The summed E-state index contributed by atoms with van der Waals surface area (Å²) in [5.74, 6) is 0.498. The van der Waals surface area contributed by atoms with Gasteiger partial charge in [-0.2, -0.15) is 0 Å². The number of nitrogens with two attached hydrogens (primary N) is 1. The maximum atomic E-state index is 11.8. The predicted octanol–water partition coefficient (Wildman–Crippen LogP) is 1.60. The number of nitrogen functional groups attached to an aromatic ring is 1. The summed E-state index contributed by atoms with van der Waals surface area (Å²) in [7, 11) is -1.62. The van der Waals surface area contributed by atoms with E-state index in [4.69, 9.17) is 10.5 Å². The summed E-state index contributed by atoms with van der Waals surface area (Å²) in [4.78, 5) is 0. The zero-order valence-electron chi connectivity index (χ0n) is 9.73. The van der Waals surface area contributed by atoms with Crippen molar-refractivity contribution in [2.24, 2.45) is 0 Å². The minimum atomic E-state index is -3.12. The number of methoxy groups -OCH3 is 1. The lowest BCUT2D eigenvalue weighted by Gasteiger charge is -2.11. The molecule has 0 amide bonds. The highest BCUT2D eigenvalue weighted by Gasteiger charge is 2.19. The molecule has 0 aliphatic carbocycles. The molecule has 0 aromatic heterocycles. The van der Waals surface area contributed by atoms with Crippen LogP contribution in [-0.4, -0.2) is 20.8 Å². The van der Waals surface area contributed by atoms with Crippen LogP contribution in [0.15, 0.2) is 18.2 Å². The Labute approximate surface area is 96.3 Å². The van der Waals surface area contributed by atoms with Crippen molar-refractivity contribution in [1.82, 2.24) is 0 Å². The van der Waals surface area contributed by atoms with Crippen molar-refractivity contribution in [3.63, 3.8) is 0 Å². The van der Waals surface area contributed by atoms with Crippen LogP contribution in [0, 0.1) is 0 Å². The fourth-order valence-electron chi connectivity index (χ4n) is 1.26. The standard InChI is InChI=1S/C11H17NO3S/c1-8(2)16(13,14)7-9-4-5-10(12)6-11(9)15-3/h4-6,8H,7,12H2,1-3H3. The summed E-state index contributed by atoms with van der Waals surface area (Å²) in [5.41, 5.74) is 6.80. The molecule has 1 aromatic rings. The second-order valence-electron chi connectivity index (χ2n) is 3.93. The van der Waals surface area contributed by atoms with Gasteiger partial charge in [0.2, 0.25) is 0 Å². The smallest absolute Gasteiger partial charge is 0.156 e. The van der Waals surface area contributed by atoms with Crippen LogP contribution < -0.4 is 10.5 Å². The third-order valence-corrected chi connectivity index (χ3v) is 4.54. The van der Waals surface area contributed by atoms with Crippen molar-refractivity contribution in [3.05, 3.63) is 23.8 Å². The summed E-state index contributed by atoms with van der Waals surface area (Å²) >= 11 is 0. The number of sulfone groups is 1. The lowest BCUT2D eigenvalue weighted by Crippen LogP contribution is -2.16. The molecule has 90 valence electrons. The minimum absolute atomic E-state index is 0.0197. The summed E-state index contributed by atoms with van der Waals surface area (Å²) in [6.45, 7) is 3.33. The molecule has 0 aliphatic rings. The van der Waals surface area contributed by atoms with Crippen molar-refractivity contribution in [2.45, 2.75) is 24.9 Å². The van der Waals surface area contributed by atoms with Crippen molar-refractivity contribution in [3.8, 4) is 5.75 Å². The van der Waals surface area contributed by atoms with E-state index in [1.165, 1.54) is 7.11 Å². The quantitative estimate of drug-likeness (QED) is 0.815. The molecule has 1 rings (SSSR count). The molecule has 0 atom stereocenters. The van der Waals surface area contributed by atoms with Crippen molar-refractivity contribution >= 4 is 15.5 Å². The van der Waals surface area contributed by atoms with Gasteiger partial charge in [0, 0.05) is 17.3 Å². The van der Waals surface area contributed by atoms with Gasteiger partial charge in [-0.3, -0.25) is 0 Å². The van der Waals surface area contributed by atoms with Crippen LogP contribution >= 0.6 is 0 Å². The molecule has 0 unspecified atom stereocenters. The summed E-state index contributed by atoms with van der Waals surface area (Å²) < 4.78 is 28.6. The van der Waals surface area contributed by atoms with Crippen molar-refractivity contribution in [2.75, 3.05) is 12.8 Å². The fraction of sp³-hybridized carbons (Fsp3) is 0.455. The highest BCUT2D eigenvalue weighted by atomic mass is 32.2. The average Bonchev–Trinajstić information content (AvgIpc) is 2.20. The van der Waals surface area contributed by atoms with E-state index < -0.39 is 15.1 Å². The number of hydrogen-bond acceptors (Lipinski definition) is 4. The van der Waals surface area contributed by atoms with E-state index in [-0.39, 0.29) is 5.75 Å². The maximum absolute atomic E-state index is 11.8. The number of anilines is 1. The number of benzene rings is 1. The molecule has 0 radical (unpaired) electrons. The Morgan fingerprint density at radius 3 is 2.50 bits per heavy atom. The maximum Gasteiger partial charge on any atom is 0.156 e. The molecule has 5 heteroatoms. The largest absolute Gasteiger partial charge is 0.496 e. The van der Waals surface area contributed by atoms with Gasteiger partial charge in [-0.05, 0) is 19.9 Å². The number of rotatable bonds is 4. The van der Waals surface area contributed by atoms with Gasteiger partial charge in [-0.1, -0.05) is 6.07 Å². The third-order valence-electron chi connectivity index (χ3n) is 2.39. The van der Waals surface area contributed by atoms with Gasteiger partial charge in [0.1, 0.15) is 5.75 Å². The first kappa shape index (κ1) is 12.8. The zero-order valence-corrected chi connectivity index (χ0v) is 10.5. The van der Waals surface area contributed by atoms with E-state index in [0.717, 1.165) is 0 Å². The lowest BCUT2D eigenvalue weighted by atomic mass is 10.2. The Hall–Kier alpha value is -1.23. The highest BCUT2D eigenvalue weighted by molar-refractivity contribution is 7.91. The molecule has 0 heterocycles. The normalized spacial score (nSPS) is 11.8. The topological polar surface area (TPSA) is 69.4 Å². The number of ether oxygens (including phenoxy) is 1. The average molecular weight is 243 g/mol. The Bertz CT molecular complexity index is 466. The monoisotopic (exact) mass is 243 g/mol. The summed E-state index contributed by atoms with van der Waals surface area (Å²) in [6, 6.07) is 4.99. The first-order chi connectivity index (χ1) is 7.36. The molecular formula is C11H17NO3S. The van der Waals surface area contributed by atoms with Crippen LogP contribution in [0.3, 0.4) is 0 Å². The van der Waals surface area contributed by atoms with Gasteiger partial charge in [-0.15, -0.1) is 0 Å². The first-order valence-electron chi connectivity index (χ1n) is 5.01. The van der Waals surface area contributed by atoms with Crippen LogP contribution in [0.5, 0.6) is 5.75 Å². The first-order valence-corrected chi connectivity index (χ1v) is 6.72. The van der Waals surface area contributed by atoms with Gasteiger partial charge < -0.3 is 10.5 Å². The van der Waals surface area contributed by atoms with E-state index in [1.807, 2.05) is 0 Å². The van der Waals surface area contributed by atoms with E-state index in [9.17, 15) is 8.42 Å². The van der Waals surface area contributed by atoms with Crippen molar-refractivity contribution in [1.29, 1.82) is 0 Å². The van der Waals surface area contributed by atoms with Gasteiger partial charge in [0.15, 0.2) is 9.84 Å².